The van der Waals surface area contributed by atoms with Crippen molar-refractivity contribution in [2.24, 2.45) is 0 Å². The molecule has 1 atom stereocenters. The summed E-state index contributed by atoms with van der Waals surface area (Å²) in [7, 11) is 0. The Morgan fingerprint density at radius 1 is 0.970 bits per heavy atom. The van der Waals surface area contributed by atoms with Gasteiger partial charge in [0, 0.05) is 22.4 Å². The van der Waals surface area contributed by atoms with Crippen molar-refractivity contribution < 1.29 is 14.3 Å². The number of pyridine rings is 1. The zero-order chi connectivity index (χ0) is 22.9. The molecular formula is C27H26N2O3S. The normalized spacial score (nSPS) is 15.1. The SMILES string of the molecule is Cc1ccc(C(OC(=O)c2cc3cc4ccc(C)cc4nc3s2)C(=O)NC2CCCC2)cc1. The Morgan fingerprint density at radius 3 is 2.45 bits per heavy atom. The molecule has 4 aromatic rings. The lowest BCUT2D eigenvalue weighted by molar-refractivity contribution is -0.131. The molecule has 1 fully saturated rings. The lowest BCUT2D eigenvalue weighted by Crippen LogP contribution is -2.38. The number of aryl methyl sites for hydroxylation is 2. The van der Waals surface area contributed by atoms with Crippen molar-refractivity contribution in [2.45, 2.75) is 51.7 Å². The Kier molecular flexibility index (Phi) is 5.85. The smallest absolute Gasteiger partial charge is 0.349 e. The first-order valence-electron chi connectivity index (χ1n) is 11.4. The molecule has 0 bridgehead atoms. The maximum Gasteiger partial charge on any atom is 0.349 e. The fraction of sp³-hybridized carbons (Fsp3) is 0.296. The minimum absolute atomic E-state index is 0.147. The molecule has 1 aliphatic rings. The van der Waals surface area contributed by atoms with Crippen LogP contribution in [0, 0.1) is 13.8 Å². The molecule has 6 heteroatoms. The van der Waals surface area contributed by atoms with Crippen molar-refractivity contribution in [1.29, 1.82) is 0 Å². The Morgan fingerprint density at radius 2 is 1.70 bits per heavy atom. The molecule has 1 saturated carbocycles. The molecule has 0 radical (unpaired) electrons. The van der Waals surface area contributed by atoms with Gasteiger partial charge in [0.05, 0.1) is 5.52 Å². The summed E-state index contributed by atoms with van der Waals surface area (Å²) >= 11 is 1.29. The topological polar surface area (TPSA) is 68.3 Å². The van der Waals surface area contributed by atoms with E-state index in [1.165, 1.54) is 11.3 Å². The van der Waals surface area contributed by atoms with Crippen LogP contribution in [0.25, 0.3) is 21.1 Å². The number of ether oxygens (including phenoxy) is 1. The van der Waals surface area contributed by atoms with Gasteiger partial charge in [-0.15, -0.1) is 11.3 Å². The lowest BCUT2D eigenvalue weighted by Gasteiger charge is -2.20. The van der Waals surface area contributed by atoms with Gasteiger partial charge in [0.1, 0.15) is 9.71 Å². The fourth-order valence-corrected chi connectivity index (χ4v) is 5.27. The Bertz CT molecular complexity index is 1340. The van der Waals surface area contributed by atoms with Crippen molar-refractivity contribution in [2.75, 3.05) is 0 Å². The average Bonchev–Trinajstić information content (AvgIpc) is 3.46. The van der Waals surface area contributed by atoms with Crippen LogP contribution in [0.2, 0.25) is 0 Å². The van der Waals surface area contributed by atoms with E-state index in [1.54, 1.807) is 6.07 Å². The first-order valence-corrected chi connectivity index (χ1v) is 12.2. The third-order valence-electron chi connectivity index (χ3n) is 6.20. The van der Waals surface area contributed by atoms with E-state index in [9.17, 15) is 9.59 Å². The molecule has 1 aliphatic carbocycles. The molecule has 2 aromatic heterocycles. The van der Waals surface area contributed by atoms with E-state index in [0.29, 0.717) is 10.4 Å². The van der Waals surface area contributed by atoms with Crippen molar-refractivity contribution in [1.82, 2.24) is 10.3 Å². The third-order valence-corrected chi connectivity index (χ3v) is 7.23. The summed E-state index contributed by atoms with van der Waals surface area (Å²) in [5, 5.41) is 5.00. The standard InChI is InChI=1S/C27H26N2O3S/c1-16-7-10-18(11-8-16)24(25(30)28-21-5-3-4-6-21)32-27(31)23-15-20-14-19-12-9-17(2)13-22(19)29-26(20)33-23/h7-15,21,24H,3-6H2,1-2H3,(H,28,30). The molecule has 0 spiro atoms. The quantitative estimate of drug-likeness (QED) is 0.371. The fourth-order valence-electron chi connectivity index (χ4n) is 4.36. The highest BCUT2D eigenvalue weighted by atomic mass is 32.1. The molecule has 0 saturated heterocycles. The van der Waals surface area contributed by atoms with Crippen LogP contribution in [0.3, 0.4) is 0 Å². The molecule has 5 nitrogen and oxygen atoms in total. The second kappa shape index (κ2) is 8.94. The minimum atomic E-state index is -0.987. The lowest BCUT2D eigenvalue weighted by atomic mass is 10.1. The second-order valence-corrected chi connectivity index (χ2v) is 9.91. The van der Waals surface area contributed by atoms with E-state index < -0.39 is 12.1 Å². The molecule has 5 rings (SSSR count). The van der Waals surface area contributed by atoms with Crippen LogP contribution >= 0.6 is 11.3 Å². The molecular weight excluding hydrogens is 432 g/mol. The van der Waals surface area contributed by atoms with E-state index in [2.05, 4.69) is 5.32 Å². The van der Waals surface area contributed by atoms with Crippen LogP contribution in [-0.2, 0) is 9.53 Å². The summed E-state index contributed by atoms with van der Waals surface area (Å²) in [5.41, 5.74) is 3.79. The van der Waals surface area contributed by atoms with E-state index in [4.69, 9.17) is 9.72 Å². The number of thiophene rings is 1. The number of aromatic nitrogens is 1. The number of benzene rings is 2. The second-order valence-electron chi connectivity index (χ2n) is 8.88. The number of amides is 1. The van der Waals surface area contributed by atoms with Gasteiger partial charge in [-0.05, 0) is 50.5 Å². The van der Waals surface area contributed by atoms with Crippen molar-refractivity contribution >= 4 is 44.3 Å². The van der Waals surface area contributed by atoms with Gasteiger partial charge in [0.25, 0.3) is 5.91 Å². The zero-order valence-corrected chi connectivity index (χ0v) is 19.6. The number of fused-ring (bicyclic) bond motifs is 2. The summed E-state index contributed by atoms with van der Waals surface area (Å²) in [5.74, 6) is -0.773. The number of carbonyl (C=O) groups is 2. The number of hydrogen-bond acceptors (Lipinski definition) is 5. The van der Waals surface area contributed by atoms with E-state index in [-0.39, 0.29) is 11.9 Å². The number of rotatable bonds is 5. The number of nitrogens with one attached hydrogen (secondary N) is 1. The summed E-state index contributed by atoms with van der Waals surface area (Å²) in [6.45, 7) is 4.02. The number of carbonyl (C=O) groups excluding carboxylic acids is 2. The Labute approximate surface area is 196 Å². The molecule has 33 heavy (non-hydrogen) atoms. The predicted molar refractivity (Wildman–Crippen MR) is 132 cm³/mol. The van der Waals surface area contributed by atoms with Crippen LogP contribution in [0.5, 0.6) is 0 Å². The Hall–Kier alpha value is -3.25. The highest BCUT2D eigenvalue weighted by Gasteiger charge is 2.29. The van der Waals surface area contributed by atoms with Gasteiger partial charge in [0.2, 0.25) is 6.10 Å². The van der Waals surface area contributed by atoms with Crippen LogP contribution in [-0.4, -0.2) is 22.9 Å². The molecule has 1 unspecified atom stereocenters. The first kappa shape index (κ1) is 21.6. The zero-order valence-electron chi connectivity index (χ0n) is 18.8. The van der Waals surface area contributed by atoms with Crippen LogP contribution < -0.4 is 5.32 Å². The van der Waals surface area contributed by atoms with Crippen LogP contribution in [0.4, 0.5) is 0 Å². The molecule has 2 aromatic carbocycles. The van der Waals surface area contributed by atoms with Gasteiger partial charge in [-0.25, -0.2) is 9.78 Å². The monoisotopic (exact) mass is 458 g/mol. The van der Waals surface area contributed by atoms with Gasteiger partial charge in [-0.2, -0.15) is 0 Å². The molecule has 1 N–H and O–H groups in total. The predicted octanol–water partition coefficient (Wildman–Crippen LogP) is 6.02. The summed E-state index contributed by atoms with van der Waals surface area (Å²) in [4.78, 5) is 32.2. The maximum absolute atomic E-state index is 13.1. The van der Waals surface area contributed by atoms with E-state index in [0.717, 1.165) is 57.9 Å². The van der Waals surface area contributed by atoms with Crippen molar-refractivity contribution in [3.8, 4) is 0 Å². The summed E-state index contributed by atoms with van der Waals surface area (Å²) in [6.07, 6.45) is 3.18. The first-order chi connectivity index (χ1) is 16.0. The summed E-state index contributed by atoms with van der Waals surface area (Å²) in [6, 6.07) is 17.7. The maximum atomic E-state index is 13.1. The minimum Gasteiger partial charge on any atom is -0.443 e. The largest absolute Gasteiger partial charge is 0.443 e. The molecule has 168 valence electrons. The summed E-state index contributed by atoms with van der Waals surface area (Å²) < 4.78 is 5.81. The number of hydrogen-bond donors (Lipinski definition) is 1. The molecule has 1 amide bonds. The number of nitrogens with zero attached hydrogens (tertiary/aromatic N) is 1. The highest BCUT2D eigenvalue weighted by molar-refractivity contribution is 7.20. The third kappa shape index (κ3) is 4.62. The van der Waals surface area contributed by atoms with Gasteiger partial charge in [-0.3, -0.25) is 4.79 Å². The van der Waals surface area contributed by atoms with E-state index in [1.807, 2.05) is 62.4 Å². The van der Waals surface area contributed by atoms with Crippen molar-refractivity contribution in [3.05, 3.63) is 76.2 Å². The highest BCUT2D eigenvalue weighted by Crippen LogP contribution is 2.30. The van der Waals surface area contributed by atoms with Gasteiger partial charge in [-0.1, -0.05) is 54.8 Å². The average molecular weight is 459 g/mol. The van der Waals surface area contributed by atoms with Crippen molar-refractivity contribution in [3.63, 3.8) is 0 Å². The Balaban J connectivity index is 1.43. The van der Waals surface area contributed by atoms with E-state index >= 15 is 0 Å². The molecule has 0 aliphatic heterocycles. The van der Waals surface area contributed by atoms with Gasteiger partial charge < -0.3 is 10.1 Å². The van der Waals surface area contributed by atoms with Crippen LogP contribution in [0.1, 0.15) is 58.1 Å². The van der Waals surface area contributed by atoms with Crippen LogP contribution in [0.15, 0.2) is 54.6 Å². The van der Waals surface area contributed by atoms with Gasteiger partial charge >= 0.3 is 5.97 Å². The molecule has 2 heterocycles. The number of esters is 1. The van der Waals surface area contributed by atoms with Gasteiger partial charge in [0.15, 0.2) is 0 Å².